The fourth-order valence-corrected chi connectivity index (χ4v) is 2.07. The summed E-state index contributed by atoms with van der Waals surface area (Å²) in [5.41, 5.74) is 1.91. The summed E-state index contributed by atoms with van der Waals surface area (Å²) in [4.78, 5) is 11.9. The highest BCUT2D eigenvalue weighted by Crippen LogP contribution is 2.32. The van der Waals surface area contributed by atoms with Gasteiger partial charge in [0.05, 0.1) is 5.56 Å². The third-order valence-electron chi connectivity index (χ3n) is 2.60. The van der Waals surface area contributed by atoms with Crippen molar-refractivity contribution in [2.75, 3.05) is 6.26 Å². The normalized spacial score (nSPS) is 10.2. The monoisotopic (exact) mass is 244 g/mol. The summed E-state index contributed by atoms with van der Waals surface area (Å²) in [6.45, 7) is 0. The third kappa shape index (κ3) is 2.34. The lowest BCUT2D eigenvalue weighted by molar-refractivity contribution is 0.112. The van der Waals surface area contributed by atoms with E-state index >= 15 is 0 Å². The molecule has 0 saturated carbocycles. The second kappa shape index (κ2) is 5.06. The standard InChI is InChI=1S/C14H12O2S/c1-17-12-7-5-10(6-8-12)13-4-2-3-11(9-15)14(13)16/h2-9,16H,1H3. The van der Waals surface area contributed by atoms with Gasteiger partial charge in [-0.1, -0.05) is 24.3 Å². The number of carbonyl (C=O) groups is 1. The Bertz CT molecular complexity index is 532. The molecule has 17 heavy (non-hydrogen) atoms. The Balaban J connectivity index is 2.48. The van der Waals surface area contributed by atoms with Crippen LogP contribution < -0.4 is 0 Å². The van der Waals surface area contributed by atoms with Crippen molar-refractivity contribution in [3.63, 3.8) is 0 Å². The Hall–Kier alpha value is -1.74. The minimum atomic E-state index is 0.0411. The molecule has 0 aliphatic heterocycles. The average Bonchev–Trinajstić information content (AvgIpc) is 2.39. The molecule has 0 radical (unpaired) electrons. The molecule has 0 aliphatic rings. The highest BCUT2D eigenvalue weighted by Gasteiger charge is 2.07. The summed E-state index contributed by atoms with van der Waals surface area (Å²) in [5, 5.41) is 9.93. The Kier molecular flexibility index (Phi) is 3.49. The van der Waals surface area contributed by atoms with E-state index in [1.54, 1.807) is 30.0 Å². The smallest absolute Gasteiger partial charge is 0.153 e. The lowest BCUT2D eigenvalue weighted by Gasteiger charge is -2.07. The van der Waals surface area contributed by atoms with E-state index < -0.39 is 0 Å². The Labute approximate surface area is 104 Å². The van der Waals surface area contributed by atoms with Gasteiger partial charge in [0.2, 0.25) is 0 Å². The van der Waals surface area contributed by atoms with Crippen molar-refractivity contribution in [2.45, 2.75) is 4.90 Å². The highest BCUT2D eigenvalue weighted by molar-refractivity contribution is 7.98. The molecule has 2 nitrogen and oxygen atoms in total. The van der Waals surface area contributed by atoms with Gasteiger partial charge in [-0.15, -0.1) is 11.8 Å². The van der Waals surface area contributed by atoms with Crippen LogP contribution in [0.15, 0.2) is 47.4 Å². The van der Waals surface area contributed by atoms with Crippen molar-refractivity contribution >= 4 is 18.0 Å². The van der Waals surface area contributed by atoms with E-state index in [0.29, 0.717) is 17.4 Å². The highest BCUT2D eigenvalue weighted by atomic mass is 32.2. The van der Waals surface area contributed by atoms with Crippen molar-refractivity contribution in [2.24, 2.45) is 0 Å². The van der Waals surface area contributed by atoms with Gasteiger partial charge >= 0.3 is 0 Å². The minimum absolute atomic E-state index is 0.0411. The van der Waals surface area contributed by atoms with Gasteiger partial charge in [-0.05, 0) is 30.0 Å². The number of benzene rings is 2. The molecule has 0 atom stereocenters. The molecule has 2 rings (SSSR count). The first-order chi connectivity index (χ1) is 8.26. The molecule has 1 N–H and O–H groups in total. The van der Waals surface area contributed by atoms with Gasteiger partial charge in [0, 0.05) is 10.5 Å². The fourth-order valence-electron chi connectivity index (χ4n) is 1.66. The number of aldehydes is 1. The summed E-state index contributed by atoms with van der Waals surface area (Å²) >= 11 is 1.67. The van der Waals surface area contributed by atoms with Crippen LogP contribution in [0.3, 0.4) is 0 Å². The Morgan fingerprint density at radius 3 is 2.41 bits per heavy atom. The maximum Gasteiger partial charge on any atom is 0.153 e. The van der Waals surface area contributed by atoms with Crippen LogP contribution in [-0.2, 0) is 0 Å². The number of rotatable bonds is 3. The number of para-hydroxylation sites is 1. The van der Waals surface area contributed by atoms with Gasteiger partial charge in [-0.2, -0.15) is 0 Å². The van der Waals surface area contributed by atoms with Crippen molar-refractivity contribution in [3.05, 3.63) is 48.0 Å². The fraction of sp³-hybridized carbons (Fsp3) is 0.0714. The molecule has 2 aromatic carbocycles. The van der Waals surface area contributed by atoms with Crippen LogP contribution in [0.5, 0.6) is 5.75 Å². The van der Waals surface area contributed by atoms with Gasteiger partial charge in [-0.25, -0.2) is 0 Å². The number of phenols is 1. The quantitative estimate of drug-likeness (QED) is 0.662. The molecule has 0 heterocycles. The predicted octanol–water partition coefficient (Wildman–Crippen LogP) is 3.59. The zero-order valence-corrected chi connectivity index (χ0v) is 10.2. The first kappa shape index (κ1) is 11.7. The molecule has 2 aromatic rings. The zero-order chi connectivity index (χ0) is 12.3. The first-order valence-electron chi connectivity index (χ1n) is 5.18. The maximum atomic E-state index is 10.7. The van der Waals surface area contributed by atoms with E-state index in [1.807, 2.05) is 30.5 Å². The van der Waals surface area contributed by atoms with E-state index in [4.69, 9.17) is 0 Å². The number of phenolic OH excluding ortho intramolecular Hbond substituents is 1. The van der Waals surface area contributed by atoms with E-state index in [-0.39, 0.29) is 5.75 Å². The minimum Gasteiger partial charge on any atom is -0.507 e. The molecule has 0 saturated heterocycles. The third-order valence-corrected chi connectivity index (χ3v) is 3.34. The number of aromatic hydroxyl groups is 1. The Morgan fingerprint density at radius 2 is 1.82 bits per heavy atom. The average molecular weight is 244 g/mol. The number of hydrogen-bond acceptors (Lipinski definition) is 3. The number of hydrogen-bond donors (Lipinski definition) is 1. The van der Waals surface area contributed by atoms with Gasteiger partial charge in [0.25, 0.3) is 0 Å². The lowest BCUT2D eigenvalue weighted by Crippen LogP contribution is -1.85. The summed E-state index contributed by atoms with van der Waals surface area (Å²) in [6, 6.07) is 13.0. The molecule has 0 fully saturated rings. The number of thioether (sulfide) groups is 1. The summed E-state index contributed by atoms with van der Waals surface area (Å²) in [7, 11) is 0. The summed E-state index contributed by atoms with van der Waals surface area (Å²) in [6.07, 6.45) is 2.68. The lowest BCUT2D eigenvalue weighted by atomic mass is 10.0. The van der Waals surface area contributed by atoms with E-state index in [1.165, 1.54) is 4.90 Å². The molecule has 0 aromatic heterocycles. The Morgan fingerprint density at radius 1 is 1.12 bits per heavy atom. The largest absolute Gasteiger partial charge is 0.507 e. The van der Waals surface area contributed by atoms with E-state index in [9.17, 15) is 9.90 Å². The van der Waals surface area contributed by atoms with Crippen LogP contribution >= 0.6 is 11.8 Å². The molecular formula is C14H12O2S. The molecule has 0 aliphatic carbocycles. The van der Waals surface area contributed by atoms with Gasteiger partial charge in [0.1, 0.15) is 5.75 Å². The molecule has 0 unspecified atom stereocenters. The van der Waals surface area contributed by atoms with Gasteiger partial charge in [0.15, 0.2) is 6.29 Å². The first-order valence-corrected chi connectivity index (χ1v) is 6.40. The topological polar surface area (TPSA) is 37.3 Å². The summed E-state index contributed by atoms with van der Waals surface area (Å²) in [5.74, 6) is 0.0411. The molecule has 0 amide bonds. The second-order valence-corrected chi connectivity index (χ2v) is 4.47. The number of carbonyl (C=O) groups excluding carboxylic acids is 1. The summed E-state index contributed by atoms with van der Waals surface area (Å²) < 4.78 is 0. The predicted molar refractivity (Wildman–Crippen MR) is 70.7 cm³/mol. The second-order valence-electron chi connectivity index (χ2n) is 3.59. The molecular weight excluding hydrogens is 232 g/mol. The van der Waals surface area contributed by atoms with Crippen LogP contribution in [0.4, 0.5) is 0 Å². The maximum absolute atomic E-state index is 10.7. The molecule has 0 spiro atoms. The van der Waals surface area contributed by atoms with Crippen LogP contribution in [0.25, 0.3) is 11.1 Å². The van der Waals surface area contributed by atoms with E-state index in [2.05, 4.69) is 0 Å². The zero-order valence-electron chi connectivity index (χ0n) is 9.38. The van der Waals surface area contributed by atoms with Crippen molar-refractivity contribution in [1.82, 2.24) is 0 Å². The molecule has 0 bridgehead atoms. The van der Waals surface area contributed by atoms with Crippen LogP contribution in [0.2, 0.25) is 0 Å². The molecule has 86 valence electrons. The van der Waals surface area contributed by atoms with Crippen LogP contribution in [0, 0.1) is 0 Å². The van der Waals surface area contributed by atoms with E-state index in [0.717, 1.165) is 5.56 Å². The van der Waals surface area contributed by atoms with Crippen molar-refractivity contribution in [1.29, 1.82) is 0 Å². The van der Waals surface area contributed by atoms with Gasteiger partial charge in [-0.3, -0.25) is 4.79 Å². The molecule has 3 heteroatoms. The van der Waals surface area contributed by atoms with Crippen molar-refractivity contribution in [3.8, 4) is 16.9 Å². The van der Waals surface area contributed by atoms with Crippen molar-refractivity contribution < 1.29 is 9.90 Å². The van der Waals surface area contributed by atoms with Gasteiger partial charge < -0.3 is 5.11 Å². The SMILES string of the molecule is CSc1ccc(-c2cccc(C=O)c2O)cc1. The van der Waals surface area contributed by atoms with Crippen LogP contribution in [-0.4, -0.2) is 17.6 Å². The van der Waals surface area contributed by atoms with Crippen LogP contribution in [0.1, 0.15) is 10.4 Å².